The first-order valence-electron chi connectivity index (χ1n) is 16.4. The van der Waals surface area contributed by atoms with Crippen LogP contribution < -0.4 is 0 Å². The molecule has 0 amide bonds. The second-order valence-electron chi connectivity index (χ2n) is 12.6. The Kier molecular flexibility index (Phi) is 5.78. The van der Waals surface area contributed by atoms with E-state index in [2.05, 4.69) is 190 Å². The highest BCUT2D eigenvalue weighted by atomic mass is 15.6. The number of benzene rings is 6. The number of allylic oxidation sites excluding steroid dienone is 2. The minimum atomic E-state index is -0.0634. The number of aromatic nitrogens is 2. The van der Waals surface area contributed by atoms with Gasteiger partial charge in [0.2, 0.25) is 5.96 Å². The Morgan fingerprint density at radius 2 is 1.08 bits per heavy atom. The average molecular weight is 618 g/mol. The van der Waals surface area contributed by atoms with Gasteiger partial charge in [-0.05, 0) is 71.3 Å². The molecule has 2 aromatic heterocycles. The Balaban J connectivity index is 1.05. The lowest BCUT2D eigenvalue weighted by atomic mass is 9.95. The molecule has 1 atom stereocenters. The third-order valence-electron chi connectivity index (χ3n) is 9.93. The summed E-state index contributed by atoms with van der Waals surface area (Å²) in [6.45, 7) is 0. The summed E-state index contributed by atoms with van der Waals surface area (Å²) < 4.78 is 4.66. The number of para-hydroxylation sites is 4. The molecule has 2 aliphatic heterocycles. The van der Waals surface area contributed by atoms with E-state index >= 15 is 0 Å². The van der Waals surface area contributed by atoms with Crippen LogP contribution in [0.4, 0.5) is 0 Å². The molecule has 48 heavy (non-hydrogen) atoms. The molecule has 10 rings (SSSR count). The van der Waals surface area contributed by atoms with Gasteiger partial charge < -0.3 is 9.47 Å². The number of nitrogens with zero attached hydrogens (tertiary/aromatic N) is 5. The van der Waals surface area contributed by atoms with Crippen molar-refractivity contribution in [1.29, 1.82) is 0 Å². The van der Waals surface area contributed by atoms with Crippen molar-refractivity contribution in [2.24, 2.45) is 5.10 Å². The van der Waals surface area contributed by atoms with Crippen molar-refractivity contribution in [3.63, 3.8) is 0 Å². The molecule has 0 radical (unpaired) electrons. The van der Waals surface area contributed by atoms with Gasteiger partial charge in [0.25, 0.3) is 0 Å². The molecule has 6 aromatic carbocycles. The second-order valence-corrected chi connectivity index (χ2v) is 12.6. The molecule has 0 saturated carbocycles. The monoisotopic (exact) mass is 617 g/mol. The SMILES string of the molecule is CN1C(n2c3ccccc3c3ccccc32)=NN2C=CC=C(c3cccc(-c4ccc5c(c4)c4ccccc4n5-c4ccccc4)c3)C21. The number of hydrogen-bond acceptors (Lipinski definition) is 3. The maximum absolute atomic E-state index is 5.19. The quantitative estimate of drug-likeness (QED) is 0.197. The van der Waals surface area contributed by atoms with Gasteiger partial charge in [-0.15, -0.1) is 5.10 Å². The molecule has 1 unspecified atom stereocenters. The fourth-order valence-electron chi connectivity index (χ4n) is 7.77. The van der Waals surface area contributed by atoms with Gasteiger partial charge in [-0.1, -0.05) is 103 Å². The Morgan fingerprint density at radius 3 is 1.81 bits per heavy atom. The summed E-state index contributed by atoms with van der Waals surface area (Å²) in [5.41, 5.74) is 10.7. The van der Waals surface area contributed by atoms with E-state index < -0.39 is 0 Å². The lowest BCUT2D eigenvalue weighted by Gasteiger charge is -2.31. The summed E-state index contributed by atoms with van der Waals surface area (Å²) in [7, 11) is 2.15. The van der Waals surface area contributed by atoms with Crippen LogP contribution in [0.2, 0.25) is 0 Å². The third kappa shape index (κ3) is 3.88. The topological polar surface area (TPSA) is 28.7 Å². The van der Waals surface area contributed by atoms with Gasteiger partial charge in [0.1, 0.15) is 0 Å². The molecule has 0 N–H and O–H groups in total. The Hall–Kier alpha value is -6.33. The maximum Gasteiger partial charge on any atom is 0.230 e. The van der Waals surface area contributed by atoms with Crippen LogP contribution in [0.5, 0.6) is 0 Å². The van der Waals surface area contributed by atoms with Crippen LogP contribution in [0.25, 0.3) is 66.0 Å². The van der Waals surface area contributed by atoms with Crippen molar-refractivity contribution < 1.29 is 0 Å². The number of hydrogen-bond donors (Lipinski definition) is 0. The summed E-state index contributed by atoms with van der Waals surface area (Å²) in [6.07, 6.45) is 6.35. The molecule has 0 fully saturated rings. The zero-order valence-electron chi connectivity index (χ0n) is 26.4. The van der Waals surface area contributed by atoms with E-state index in [1.165, 1.54) is 60.5 Å². The standard InChI is InChI=1S/C43H31N5/c1-45-42-33(20-12-26-46(42)44-43(45)48-39-22-9-5-17-34(39)35-18-6-10-23-40(35)48)31-14-11-13-29(27-31)30-24-25-41-37(28-30)36-19-7-8-21-38(36)47(41)32-15-3-2-4-16-32/h2-28,42H,1H3. The summed E-state index contributed by atoms with van der Waals surface area (Å²) in [5.74, 6) is 0.909. The molecule has 228 valence electrons. The molecular weight excluding hydrogens is 587 g/mol. The molecule has 8 aromatic rings. The van der Waals surface area contributed by atoms with E-state index in [0.29, 0.717) is 0 Å². The predicted octanol–water partition coefficient (Wildman–Crippen LogP) is 9.86. The van der Waals surface area contributed by atoms with Crippen molar-refractivity contribution in [1.82, 2.24) is 19.0 Å². The molecule has 4 heterocycles. The van der Waals surface area contributed by atoms with E-state index in [9.17, 15) is 0 Å². The molecular formula is C43H31N5. The zero-order valence-corrected chi connectivity index (χ0v) is 26.4. The largest absolute Gasteiger partial charge is 0.318 e. The molecule has 5 heteroatoms. The fraction of sp³-hybridized carbons (Fsp3) is 0.0465. The Bertz CT molecular complexity index is 2600. The average Bonchev–Trinajstić information content (AvgIpc) is 3.78. The van der Waals surface area contributed by atoms with E-state index in [1.54, 1.807) is 0 Å². The molecule has 0 saturated heterocycles. The van der Waals surface area contributed by atoms with Crippen molar-refractivity contribution in [2.45, 2.75) is 6.17 Å². The van der Waals surface area contributed by atoms with Crippen molar-refractivity contribution >= 4 is 55.1 Å². The minimum absolute atomic E-state index is 0.0634. The fourth-order valence-corrected chi connectivity index (χ4v) is 7.77. The third-order valence-corrected chi connectivity index (χ3v) is 9.93. The van der Waals surface area contributed by atoms with E-state index in [0.717, 1.165) is 17.0 Å². The smallest absolute Gasteiger partial charge is 0.230 e. The van der Waals surface area contributed by atoms with Crippen LogP contribution in [0.1, 0.15) is 5.56 Å². The highest BCUT2D eigenvalue weighted by molar-refractivity contribution is 6.14. The number of likely N-dealkylation sites (N-methyl/N-ethyl adjacent to an activating group) is 1. The molecule has 2 aliphatic rings. The minimum Gasteiger partial charge on any atom is -0.318 e. The zero-order chi connectivity index (χ0) is 31.8. The van der Waals surface area contributed by atoms with Crippen LogP contribution in [0, 0.1) is 0 Å². The van der Waals surface area contributed by atoms with Gasteiger partial charge in [-0.3, -0.25) is 4.57 Å². The molecule has 0 bridgehead atoms. The van der Waals surface area contributed by atoms with Gasteiger partial charge in [0, 0.05) is 46.1 Å². The number of rotatable bonds is 3. The highest BCUT2D eigenvalue weighted by Crippen LogP contribution is 2.38. The van der Waals surface area contributed by atoms with Crippen molar-refractivity contribution in [3.8, 4) is 16.8 Å². The Morgan fingerprint density at radius 1 is 0.500 bits per heavy atom. The van der Waals surface area contributed by atoms with Gasteiger partial charge in [-0.25, -0.2) is 5.01 Å². The molecule has 0 aliphatic carbocycles. The van der Waals surface area contributed by atoms with E-state index in [1.807, 2.05) is 0 Å². The number of fused-ring (bicyclic) bond motifs is 7. The molecule has 0 spiro atoms. The van der Waals surface area contributed by atoms with Crippen LogP contribution in [0.15, 0.2) is 169 Å². The summed E-state index contributed by atoms with van der Waals surface area (Å²) >= 11 is 0. The second kappa shape index (κ2) is 10.3. The predicted molar refractivity (Wildman–Crippen MR) is 199 cm³/mol. The highest BCUT2D eigenvalue weighted by Gasteiger charge is 2.37. The van der Waals surface area contributed by atoms with Gasteiger partial charge in [0.15, 0.2) is 6.17 Å². The van der Waals surface area contributed by atoms with Crippen LogP contribution in [0.3, 0.4) is 0 Å². The van der Waals surface area contributed by atoms with Crippen LogP contribution in [-0.2, 0) is 0 Å². The normalized spacial score (nSPS) is 15.9. The number of hydrazone groups is 1. The van der Waals surface area contributed by atoms with Crippen molar-refractivity contribution in [3.05, 3.63) is 170 Å². The van der Waals surface area contributed by atoms with Gasteiger partial charge in [-0.2, -0.15) is 0 Å². The summed E-state index contributed by atoms with van der Waals surface area (Å²) in [4.78, 5) is 2.30. The van der Waals surface area contributed by atoms with Crippen molar-refractivity contribution in [2.75, 3.05) is 7.05 Å². The lowest BCUT2D eigenvalue weighted by Crippen LogP contribution is -2.41. The first-order chi connectivity index (χ1) is 23.7. The van der Waals surface area contributed by atoms with Crippen LogP contribution in [-0.4, -0.2) is 38.2 Å². The van der Waals surface area contributed by atoms with Gasteiger partial charge >= 0.3 is 0 Å². The van der Waals surface area contributed by atoms with E-state index in [-0.39, 0.29) is 6.17 Å². The van der Waals surface area contributed by atoms with Gasteiger partial charge in [0.05, 0.1) is 22.1 Å². The first kappa shape index (κ1) is 26.8. The summed E-state index contributed by atoms with van der Waals surface area (Å²) in [5, 5.41) is 12.3. The lowest BCUT2D eigenvalue weighted by molar-refractivity contribution is 0.261. The first-order valence-corrected chi connectivity index (χ1v) is 16.4. The maximum atomic E-state index is 5.19. The summed E-state index contributed by atoms with van der Waals surface area (Å²) in [6, 6.07) is 52.3. The van der Waals surface area contributed by atoms with E-state index in [4.69, 9.17) is 5.10 Å². The Labute approximate surface area is 278 Å². The van der Waals surface area contributed by atoms with Crippen LogP contribution >= 0.6 is 0 Å². The molecule has 5 nitrogen and oxygen atoms in total.